The molecule has 4 rings (SSSR count). The molecular weight excluding hydrogens is 438 g/mol. The molecule has 0 N–H and O–H groups in total. The Bertz CT molecular complexity index is 1280. The summed E-state index contributed by atoms with van der Waals surface area (Å²) in [5, 5.41) is 0. The Labute approximate surface area is 195 Å². The van der Waals surface area contributed by atoms with Gasteiger partial charge in [0.25, 0.3) is 11.8 Å². The second-order valence-corrected chi connectivity index (χ2v) is 7.51. The molecule has 1 heterocycles. The van der Waals surface area contributed by atoms with E-state index in [1.165, 1.54) is 38.5 Å². The summed E-state index contributed by atoms with van der Waals surface area (Å²) < 4.78 is 15.5. The number of imide groups is 1. The molecule has 172 valence electrons. The number of amides is 2. The predicted molar refractivity (Wildman–Crippen MR) is 121 cm³/mol. The van der Waals surface area contributed by atoms with E-state index in [9.17, 15) is 19.2 Å². The van der Waals surface area contributed by atoms with E-state index in [0.717, 1.165) is 10.5 Å². The van der Waals surface area contributed by atoms with E-state index < -0.39 is 30.2 Å². The molecule has 8 heteroatoms. The first-order valence-corrected chi connectivity index (χ1v) is 10.4. The summed E-state index contributed by atoms with van der Waals surface area (Å²) in [6.07, 6.45) is 0. The lowest BCUT2D eigenvalue weighted by molar-refractivity contribution is 0.0473. The van der Waals surface area contributed by atoms with Crippen LogP contribution >= 0.6 is 0 Å². The number of fused-ring (bicyclic) bond motifs is 1. The van der Waals surface area contributed by atoms with Crippen molar-refractivity contribution in [2.45, 2.75) is 6.54 Å². The van der Waals surface area contributed by atoms with Crippen molar-refractivity contribution >= 4 is 23.6 Å². The van der Waals surface area contributed by atoms with Gasteiger partial charge in [0.1, 0.15) is 11.5 Å². The topological polar surface area (TPSA) is 99.2 Å². The van der Waals surface area contributed by atoms with Gasteiger partial charge in [0.05, 0.1) is 43.0 Å². The first-order chi connectivity index (χ1) is 16.4. The number of hydrogen-bond donors (Lipinski definition) is 0. The number of ether oxygens (including phenoxy) is 3. The number of ketones is 1. The molecule has 0 aliphatic carbocycles. The second-order valence-electron chi connectivity index (χ2n) is 7.51. The van der Waals surface area contributed by atoms with Gasteiger partial charge in [-0.25, -0.2) is 4.79 Å². The van der Waals surface area contributed by atoms with E-state index in [2.05, 4.69) is 0 Å². The Morgan fingerprint density at radius 2 is 1.56 bits per heavy atom. The number of hydrogen-bond acceptors (Lipinski definition) is 7. The molecule has 0 aromatic heterocycles. The van der Waals surface area contributed by atoms with Gasteiger partial charge in [-0.2, -0.15) is 0 Å². The maximum absolute atomic E-state index is 12.8. The minimum atomic E-state index is -0.787. The van der Waals surface area contributed by atoms with E-state index in [0.29, 0.717) is 11.5 Å². The van der Waals surface area contributed by atoms with Crippen molar-refractivity contribution in [1.29, 1.82) is 0 Å². The fraction of sp³-hybridized carbons (Fsp3) is 0.154. The molecule has 1 aliphatic rings. The van der Waals surface area contributed by atoms with Gasteiger partial charge < -0.3 is 14.2 Å². The molecule has 1 aliphatic heterocycles. The molecule has 0 unspecified atom stereocenters. The lowest BCUT2D eigenvalue weighted by Crippen LogP contribution is -2.29. The number of nitrogens with zero attached hydrogens (tertiary/aromatic N) is 1. The molecule has 2 amide bonds. The van der Waals surface area contributed by atoms with Gasteiger partial charge in [0.2, 0.25) is 5.78 Å². The Balaban J connectivity index is 1.46. The fourth-order valence-electron chi connectivity index (χ4n) is 3.65. The Kier molecular flexibility index (Phi) is 6.40. The maximum atomic E-state index is 12.8. The molecule has 0 spiro atoms. The van der Waals surface area contributed by atoms with Crippen molar-refractivity contribution in [3.63, 3.8) is 0 Å². The summed E-state index contributed by atoms with van der Waals surface area (Å²) in [6, 6.07) is 18.0. The van der Waals surface area contributed by atoms with Crippen LogP contribution in [0.5, 0.6) is 11.5 Å². The Morgan fingerprint density at radius 3 is 2.26 bits per heavy atom. The van der Waals surface area contributed by atoms with Crippen molar-refractivity contribution in [2.24, 2.45) is 0 Å². The Morgan fingerprint density at radius 1 is 0.824 bits per heavy atom. The first kappa shape index (κ1) is 22.7. The zero-order valence-electron chi connectivity index (χ0n) is 18.6. The second kappa shape index (κ2) is 9.58. The number of benzene rings is 3. The third-order valence-corrected chi connectivity index (χ3v) is 5.43. The normalized spacial score (nSPS) is 12.4. The number of carbonyl (C=O) groups is 4. The number of carbonyl (C=O) groups excluding carboxylic acids is 4. The van der Waals surface area contributed by atoms with Crippen molar-refractivity contribution in [3.8, 4) is 11.5 Å². The summed E-state index contributed by atoms with van der Waals surface area (Å²) in [6.45, 7) is -0.392. The van der Waals surface area contributed by atoms with Crippen LogP contribution in [-0.2, 0) is 11.3 Å². The fourth-order valence-corrected chi connectivity index (χ4v) is 3.65. The minimum absolute atomic E-state index is 0.0657. The highest BCUT2D eigenvalue weighted by molar-refractivity contribution is 6.21. The van der Waals surface area contributed by atoms with Crippen LogP contribution in [0.2, 0.25) is 0 Å². The summed E-state index contributed by atoms with van der Waals surface area (Å²) >= 11 is 0. The van der Waals surface area contributed by atoms with Crippen LogP contribution in [0, 0.1) is 0 Å². The molecule has 0 saturated heterocycles. The molecule has 0 atom stereocenters. The van der Waals surface area contributed by atoms with Crippen LogP contribution in [0.25, 0.3) is 0 Å². The third kappa shape index (κ3) is 4.38. The van der Waals surface area contributed by atoms with E-state index in [4.69, 9.17) is 14.2 Å². The average molecular weight is 459 g/mol. The molecule has 0 bridgehead atoms. The van der Waals surface area contributed by atoms with Gasteiger partial charge in [-0.15, -0.1) is 0 Å². The summed E-state index contributed by atoms with van der Waals surface area (Å²) in [5.41, 5.74) is 1.46. The maximum Gasteiger partial charge on any atom is 0.338 e. The van der Waals surface area contributed by atoms with Gasteiger partial charge in [0, 0.05) is 6.07 Å². The molecule has 8 nitrogen and oxygen atoms in total. The Hall–Kier alpha value is -4.46. The molecule has 3 aromatic rings. The molecule has 0 saturated carbocycles. The van der Waals surface area contributed by atoms with Crippen LogP contribution in [0.15, 0.2) is 66.7 Å². The van der Waals surface area contributed by atoms with Gasteiger partial charge in [-0.05, 0) is 35.9 Å². The molecule has 3 aromatic carbocycles. The highest BCUT2D eigenvalue weighted by Crippen LogP contribution is 2.27. The summed E-state index contributed by atoms with van der Waals surface area (Å²) in [7, 11) is 2.91. The van der Waals surface area contributed by atoms with Gasteiger partial charge in [-0.1, -0.05) is 30.3 Å². The molecule has 0 radical (unpaired) electrons. The van der Waals surface area contributed by atoms with E-state index >= 15 is 0 Å². The van der Waals surface area contributed by atoms with Crippen molar-refractivity contribution < 1.29 is 33.4 Å². The van der Waals surface area contributed by atoms with Gasteiger partial charge in [0.15, 0.2) is 6.61 Å². The SMILES string of the molecule is COc1ccc(C(=O)COC(=O)c2ccc3c(c2)C(=O)N(Cc2ccccc2)C3=O)c(OC)c1. The lowest BCUT2D eigenvalue weighted by atomic mass is 10.1. The minimum Gasteiger partial charge on any atom is -0.497 e. The summed E-state index contributed by atoms with van der Waals surface area (Å²) in [4.78, 5) is 51.8. The first-order valence-electron chi connectivity index (χ1n) is 10.4. The smallest absolute Gasteiger partial charge is 0.338 e. The molecular formula is C26H21NO7. The third-order valence-electron chi connectivity index (χ3n) is 5.43. The highest BCUT2D eigenvalue weighted by atomic mass is 16.5. The lowest BCUT2D eigenvalue weighted by Gasteiger charge is -2.13. The molecule has 34 heavy (non-hydrogen) atoms. The van der Waals surface area contributed by atoms with Crippen LogP contribution in [-0.4, -0.2) is 49.3 Å². The van der Waals surface area contributed by atoms with Crippen LogP contribution in [0.3, 0.4) is 0 Å². The largest absolute Gasteiger partial charge is 0.497 e. The monoisotopic (exact) mass is 459 g/mol. The average Bonchev–Trinajstić information content (AvgIpc) is 3.11. The predicted octanol–water partition coefficient (Wildman–Crippen LogP) is 3.54. The van der Waals surface area contributed by atoms with Crippen LogP contribution in [0.1, 0.15) is 47.0 Å². The van der Waals surface area contributed by atoms with Crippen molar-refractivity contribution in [2.75, 3.05) is 20.8 Å². The van der Waals surface area contributed by atoms with Crippen molar-refractivity contribution in [1.82, 2.24) is 4.90 Å². The van der Waals surface area contributed by atoms with E-state index in [1.54, 1.807) is 12.1 Å². The van der Waals surface area contributed by atoms with Gasteiger partial charge >= 0.3 is 5.97 Å². The number of Topliss-reactive ketones (excluding diaryl/α,β-unsaturated/α-hetero) is 1. The zero-order chi connectivity index (χ0) is 24.2. The van der Waals surface area contributed by atoms with Gasteiger partial charge in [-0.3, -0.25) is 19.3 Å². The van der Waals surface area contributed by atoms with Crippen molar-refractivity contribution in [3.05, 3.63) is 94.5 Å². The highest BCUT2D eigenvalue weighted by Gasteiger charge is 2.36. The van der Waals surface area contributed by atoms with E-state index in [1.807, 2.05) is 30.3 Å². The molecule has 0 fully saturated rings. The number of rotatable bonds is 8. The quantitative estimate of drug-likeness (QED) is 0.289. The summed E-state index contributed by atoms with van der Waals surface area (Å²) in [5.74, 6) is -1.35. The standard InChI is InChI=1S/C26H21NO7/c1-32-18-9-11-20(23(13-18)33-2)22(28)15-34-26(31)17-8-10-19-21(12-17)25(30)27(24(19)29)14-16-6-4-3-5-7-16/h3-13H,14-15H2,1-2H3. The zero-order valence-corrected chi connectivity index (χ0v) is 18.6. The van der Waals surface area contributed by atoms with E-state index in [-0.39, 0.29) is 28.8 Å². The number of esters is 1. The van der Waals surface area contributed by atoms with Crippen LogP contribution in [0.4, 0.5) is 0 Å². The van der Waals surface area contributed by atoms with Crippen LogP contribution < -0.4 is 9.47 Å². The number of methoxy groups -OCH3 is 2.